The molecule has 1 aliphatic rings. The monoisotopic (exact) mass is 276 g/mol. The van der Waals surface area contributed by atoms with Crippen LogP contribution in [0.15, 0.2) is 0 Å². The summed E-state index contributed by atoms with van der Waals surface area (Å²) in [7, 11) is -3.26. The van der Waals surface area contributed by atoms with E-state index >= 15 is 0 Å². The lowest BCUT2D eigenvalue weighted by molar-refractivity contribution is 0.339. The Labute approximate surface area is 112 Å². The van der Waals surface area contributed by atoms with Crippen LogP contribution in [0.2, 0.25) is 0 Å². The third-order valence-corrected chi connectivity index (χ3v) is 5.44. The average molecular weight is 276 g/mol. The second-order valence-corrected chi connectivity index (χ2v) is 8.54. The molecular formula is C13H28N2O2S. The van der Waals surface area contributed by atoms with E-state index in [-0.39, 0.29) is 11.2 Å². The Balaban J connectivity index is 2.78. The van der Waals surface area contributed by atoms with Crippen molar-refractivity contribution in [2.24, 2.45) is 11.1 Å². The standard InChI is InChI=1S/C13H28N2O2S/c1-12(2,3)11-18(16,17)15-13(10-14)8-6-4-5-7-9-13/h15H,4-11,14H2,1-3H3. The molecule has 0 atom stereocenters. The Hall–Kier alpha value is -0.130. The summed E-state index contributed by atoms with van der Waals surface area (Å²) in [6.45, 7) is 6.22. The van der Waals surface area contributed by atoms with Crippen LogP contribution in [0.1, 0.15) is 59.3 Å². The highest BCUT2D eigenvalue weighted by Gasteiger charge is 2.35. The van der Waals surface area contributed by atoms with Crippen molar-refractivity contribution in [3.05, 3.63) is 0 Å². The van der Waals surface area contributed by atoms with Crippen molar-refractivity contribution in [3.8, 4) is 0 Å². The van der Waals surface area contributed by atoms with Gasteiger partial charge >= 0.3 is 0 Å². The number of nitrogens with two attached hydrogens (primary N) is 1. The molecule has 4 nitrogen and oxygen atoms in total. The lowest BCUT2D eigenvalue weighted by Crippen LogP contribution is -2.54. The maximum absolute atomic E-state index is 12.2. The molecule has 0 aromatic rings. The SMILES string of the molecule is CC(C)(C)CS(=O)(=O)NC1(CN)CCCCCC1. The van der Waals surface area contributed by atoms with Crippen molar-refractivity contribution in [2.45, 2.75) is 64.8 Å². The highest BCUT2D eigenvalue weighted by Crippen LogP contribution is 2.28. The van der Waals surface area contributed by atoms with Gasteiger partial charge in [0.1, 0.15) is 0 Å². The quantitative estimate of drug-likeness (QED) is 0.771. The van der Waals surface area contributed by atoms with Crippen LogP contribution in [0.5, 0.6) is 0 Å². The van der Waals surface area contributed by atoms with Crippen molar-refractivity contribution in [2.75, 3.05) is 12.3 Å². The molecule has 0 bridgehead atoms. The summed E-state index contributed by atoms with van der Waals surface area (Å²) in [4.78, 5) is 0. The minimum absolute atomic E-state index is 0.155. The van der Waals surface area contributed by atoms with Crippen LogP contribution in [0, 0.1) is 5.41 Å². The molecule has 0 saturated heterocycles. The Morgan fingerprint density at radius 2 is 1.61 bits per heavy atom. The molecule has 0 aliphatic heterocycles. The van der Waals surface area contributed by atoms with Crippen molar-refractivity contribution < 1.29 is 8.42 Å². The van der Waals surface area contributed by atoms with Crippen LogP contribution in [0.3, 0.4) is 0 Å². The lowest BCUT2D eigenvalue weighted by Gasteiger charge is -2.33. The van der Waals surface area contributed by atoms with Crippen LogP contribution in [0.25, 0.3) is 0 Å². The topological polar surface area (TPSA) is 72.2 Å². The minimum atomic E-state index is -3.26. The molecule has 0 spiro atoms. The summed E-state index contributed by atoms with van der Waals surface area (Å²) in [5.74, 6) is 0.155. The Morgan fingerprint density at radius 3 is 2.00 bits per heavy atom. The normalized spacial score (nSPS) is 21.6. The van der Waals surface area contributed by atoms with E-state index in [1.807, 2.05) is 20.8 Å². The Kier molecular flexibility index (Phi) is 5.21. The lowest BCUT2D eigenvalue weighted by atomic mass is 9.92. The van der Waals surface area contributed by atoms with Gasteiger partial charge in [0.25, 0.3) is 0 Å². The van der Waals surface area contributed by atoms with Gasteiger partial charge < -0.3 is 5.73 Å². The fourth-order valence-electron chi connectivity index (χ4n) is 2.69. The summed E-state index contributed by atoms with van der Waals surface area (Å²) in [5.41, 5.74) is 5.22. The van der Waals surface area contributed by atoms with Gasteiger partial charge in [-0.25, -0.2) is 13.1 Å². The summed E-state index contributed by atoms with van der Waals surface area (Å²) in [6, 6.07) is 0. The number of hydrogen-bond acceptors (Lipinski definition) is 3. The molecule has 1 fully saturated rings. The smallest absolute Gasteiger partial charge is 0.212 e. The fraction of sp³-hybridized carbons (Fsp3) is 1.00. The predicted octanol–water partition coefficient (Wildman–Crippen LogP) is 2.00. The Bertz CT molecular complexity index is 350. The molecule has 0 amide bonds. The van der Waals surface area contributed by atoms with E-state index in [4.69, 9.17) is 5.73 Å². The molecule has 108 valence electrons. The van der Waals surface area contributed by atoms with Gasteiger partial charge in [-0.1, -0.05) is 46.5 Å². The van der Waals surface area contributed by atoms with Crippen molar-refractivity contribution in [3.63, 3.8) is 0 Å². The number of sulfonamides is 1. The summed E-state index contributed by atoms with van der Waals surface area (Å²) in [5, 5.41) is 0. The molecule has 0 aromatic carbocycles. The second kappa shape index (κ2) is 5.88. The van der Waals surface area contributed by atoms with E-state index in [9.17, 15) is 8.42 Å². The van der Waals surface area contributed by atoms with Crippen LogP contribution in [-0.2, 0) is 10.0 Å². The first-order chi connectivity index (χ1) is 8.18. The second-order valence-electron chi connectivity index (χ2n) is 6.82. The first kappa shape index (κ1) is 15.9. The third-order valence-electron chi connectivity index (χ3n) is 3.45. The summed E-state index contributed by atoms with van der Waals surface area (Å²) < 4.78 is 27.4. The van der Waals surface area contributed by atoms with Crippen LogP contribution in [-0.4, -0.2) is 26.3 Å². The molecule has 1 saturated carbocycles. The van der Waals surface area contributed by atoms with Crippen LogP contribution in [0.4, 0.5) is 0 Å². The Morgan fingerprint density at radius 1 is 1.11 bits per heavy atom. The largest absolute Gasteiger partial charge is 0.329 e. The van der Waals surface area contributed by atoms with E-state index in [0.717, 1.165) is 25.7 Å². The van der Waals surface area contributed by atoms with E-state index in [1.165, 1.54) is 12.8 Å². The molecule has 3 N–H and O–H groups in total. The molecule has 0 radical (unpaired) electrons. The van der Waals surface area contributed by atoms with Crippen molar-refractivity contribution in [1.29, 1.82) is 0 Å². The first-order valence-electron chi connectivity index (χ1n) is 6.90. The maximum atomic E-state index is 12.2. The van der Waals surface area contributed by atoms with E-state index < -0.39 is 15.6 Å². The van der Waals surface area contributed by atoms with E-state index in [0.29, 0.717) is 6.54 Å². The zero-order valence-corrected chi connectivity index (χ0v) is 12.8. The molecule has 5 heteroatoms. The van der Waals surface area contributed by atoms with Crippen LogP contribution >= 0.6 is 0 Å². The van der Waals surface area contributed by atoms with Gasteiger partial charge in [-0.2, -0.15) is 0 Å². The molecular weight excluding hydrogens is 248 g/mol. The third kappa shape index (κ3) is 5.24. The number of nitrogens with one attached hydrogen (secondary N) is 1. The molecule has 0 heterocycles. The zero-order valence-electron chi connectivity index (χ0n) is 12.0. The molecule has 0 unspecified atom stereocenters. The minimum Gasteiger partial charge on any atom is -0.329 e. The van der Waals surface area contributed by atoms with E-state index in [1.54, 1.807) is 0 Å². The van der Waals surface area contributed by atoms with Gasteiger partial charge in [0.15, 0.2) is 0 Å². The van der Waals surface area contributed by atoms with Crippen molar-refractivity contribution in [1.82, 2.24) is 4.72 Å². The van der Waals surface area contributed by atoms with Crippen molar-refractivity contribution >= 4 is 10.0 Å². The molecule has 1 rings (SSSR count). The van der Waals surface area contributed by atoms with Gasteiger partial charge in [0.05, 0.1) is 5.75 Å². The highest BCUT2D eigenvalue weighted by molar-refractivity contribution is 7.89. The van der Waals surface area contributed by atoms with Crippen LogP contribution < -0.4 is 10.5 Å². The first-order valence-corrected chi connectivity index (χ1v) is 8.55. The molecule has 0 aromatic heterocycles. The fourth-order valence-corrected chi connectivity index (χ4v) is 4.85. The zero-order chi connectivity index (χ0) is 13.9. The van der Waals surface area contributed by atoms with Gasteiger partial charge in [-0.15, -0.1) is 0 Å². The van der Waals surface area contributed by atoms with E-state index in [2.05, 4.69) is 4.72 Å². The number of hydrogen-bond donors (Lipinski definition) is 2. The van der Waals surface area contributed by atoms with Gasteiger partial charge in [0, 0.05) is 12.1 Å². The number of rotatable bonds is 4. The summed E-state index contributed by atoms with van der Waals surface area (Å²) in [6.07, 6.45) is 6.23. The molecule has 1 aliphatic carbocycles. The molecule has 18 heavy (non-hydrogen) atoms. The highest BCUT2D eigenvalue weighted by atomic mass is 32.2. The van der Waals surface area contributed by atoms with Gasteiger partial charge in [0.2, 0.25) is 10.0 Å². The maximum Gasteiger partial charge on any atom is 0.212 e. The summed E-state index contributed by atoms with van der Waals surface area (Å²) >= 11 is 0. The van der Waals surface area contributed by atoms with Gasteiger partial charge in [-0.05, 0) is 18.3 Å². The van der Waals surface area contributed by atoms with Gasteiger partial charge in [-0.3, -0.25) is 0 Å². The average Bonchev–Trinajstić information content (AvgIpc) is 2.39. The predicted molar refractivity (Wildman–Crippen MR) is 75.9 cm³/mol.